The summed E-state index contributed by atoms with van der Waals surface area (Å²) in [5, 5.41) is 8.06. The van der Waals surface area contributed by atoms with Crippen LogP contribution in [-0.2, 0) is 16.4 Å². The standard InChI is InChI=1S/C38H30F6N4O2/c39-37(40,41)23-47-35(50)36(31-12-5-3-9-28(31)29-10-4-6-13-32(29)36)20-7-21-45-33-19-18-26(22-46-33)48-34(49)30-11-2-1-8-27(30)24-14-16-25(17-15-24)38(42,43)44/h1-6,8-19,22H,7,20-21,23H2,(H,45,46)(H,47,50)(H,48,49). The van der Waals surface area contributed by atoms with Gasteiger partial charge in [-0.25, -0.2) is 4.98 Å². The van der Waals surface area contributed by atoms with Crippen molar-refractivity contribution in [3.63, 3.8) is 0 Å². The van der Waals surface area contributed by atoms with Gasteiger partial charge in [-0.3, -0.25) is 9.59 Å². The lowest BCUT2D eigenvalue weighted by Gasteiger charge is -2.31. The highest BCUT2D eigenvalue weighted by Gasteiger charge is 2.49. The number of rotatable bonds is 10. The van der Waals surface area contributed by atoms with Gasteiger partial charge in [-0.2, -0.15) is 26.3 Å². The Morgan fingerprint density at radius 2 is 1.30 bits per heavy atom. The molecular formula is C38H30F6N4O2. The third-order valence-electron chi connectivity index (χ3n) is 8.65. The summed E-state index contributed by atoms with van der Waals surface area (Å²) < 4.78 is 78.5. The summed E-state index contributed by atoms with van der Waals surface area (Å²) in [4.78, 5) is 31.2. The van der Waals surface area contributed by atoms with Crippen LogP contribution in [-0.4, -0.2) is 36.1 Å². The van der Waals surface area contributed by atoms with Crippen LogP contribution in [0.2, 0.25) is 0 Å². The summed E-state index contributed by atoms with van der Waals surface area (Å²) in [6.07, 6.45) is -6.97. The van der Waals surface area contributed by atoms with E-state index in [1.807, 2.05) is 24.3 Å². The van der Waals surface area contributed by atoms with Gasteiger partial charge in [-0.1, -0.05) is 78.9 Å². The number of anilines is 2. The Morgan fingerprint density at radius 1 is 0.700 bits per heavy atom. The Balaban J connectivity index is 1.12. The fraction of sp³-hybridized carbons (Fsp3) is 0.184. The third kappa shape index (κ3) is 7.05. The van der Waals surface area contributed by atoms with Crippen molar-refractivity contribution in [1.82, 2.24) is 10.3 Å². The fourth-order valence-electron chi connectivity index (χ4n) is 6.40. The average Bonchev–Trinajstić information content (AvgIpc) is 3.39. The van der Waals surface area contributed by atoms with Gasteiger partial charge in [0.25, 0.3) is 5.91 Å². The molecule has 6 nitrogen and oxygen atoms in total. The normalized spacial score (nSPS) is 13.2. The Hall–Kier alpha value is -5.65. The number of halogens is 6. The van der Waals surface area contributed by atoms with Crippen LogP contribution in [0.1, 0.15) is 39.9 Å². The molecule has 0 saturated carbocycles. The van der Waals surface area contributed by atoms with Gasteiger partial charge >= 0.3 is 12.4 Å². The number of nitrogens with zero attached hydrogens (tertiary/aromatic N) is 1. The lowest BCUT2D eigenvalue weighted by atomic mass is 9.73. The minimum Gasteiger partial charge on any atom is -0.370 e. The van der Waals surface area contributed by atoms with E-state index >= 15 is 0 Å². The Morgan fingerprint density at radius 3 is 1.88 bits per heavy atom. The fourth-order valence-corrected chi connectivity index (χ4v) is 6.40. The topological polar surface area (TPSA) is 83.1 Å². The van der Waals surface area contributed by atoms with E-state index in [-0.39, 0.29) is 12.0 Å². The number of hydrogen-bond donors (Lipinski definition) is 3. The van der Waals surface area contributed by atoms with E-state index in [0.29, 0.717) is 46.7 Å². The van der Waals surface area contributed by atoms with Crippen molar-refractivity contribution in [2.24, 2.45) is 0 Å². The molecule has 12 heteroatoms. The van der Waals surface area contributed by atoms with Crippen LogP contribution < -0.4 is 16.0 Å². The minimum absolute atomic E-state index is 0.226. The van der Waals surface area contributed by atoms with Crippen molar-refractivity contribution in [2.75, 3.05) is 23.7 Å². The summed E-state index contributed by atoms with van der Waals surface area (Å²) in [6.45, 7) is -1.10. The molecule has 1 aliphatic rings. The lowest BCUT2D eigenvalue weighted by molar-refractivity contribution is -0.141. The predicted molar refractivity (Wildman–Crippen MR) is 179 cm³/mol. The molecule has 0 saturated heterocycles. The van der Waals surface area contributed by atoms with Crippen molar-refractivity contribution in [1.29, 1.82) is 0 Å². The Labute approximate surface area is 283 Å². The van der Waals surface area contributed by atoms with Crippen LogP contribution in [0.4, 0.5) is 37.8 Å². The van der Waals surface area contributed by atoms with E-state index in [2.05, 4.69) is 20.9 Å². The number of hydrogen-bond acceptors (Lipinski definition) is 4. The number of amides is 2. The van der Waals surface area contributed by atoms with Crippen LogP contribution in [0.5, 0.6) is 0 Å². The van der Waals surface area contributed by atoms with Gasteiger partial charge in [0, 0.05) is 12.1 Å². The average molecular weight is 689 g/mol. The van der Waals surface area contributed by atoms with Crippen LogP contribution in [0, 0.1) is 0 Å². The van der Waals surface area contributed by atoms with Crippen molar-refractivity contribution >= 4 is 23.3 Å². The number of alkyl halides is 6. The van der Waals surface area contributed by atoms with Gasteiger partial charge in [-0.05, 0) is 76.6 Å². The number of aromatic nitrogens is 1. The van der Waals surface area contributed by atoms with Crippen LogP contribution in [0.3, 0.4) is 0 Å². The first-order valence-corrected chi connectivity index (χ1v) is 15.7. The van der Waals surface area contributed by atoms with Crippen LogP contribution in [0.25, 0.3) is 22.3 Å². The van der Waals surface area contributed by atoms with Gasteiger partial charge in [0.2, 0.25) is 5.91 Å². The van der Waals surface area contributed by atoms with E-state index in [1.54, 1.807) is 60.7 Å². The van der Waals surface area contributed by atoms with E-state index < -0.39 is 41.7 Å². The zero-order chi connectivity index (χ0) is 35.5. The minimum atomic E-state index is -4.57. The van der Waals surface area contributed by atoms with Crippen molar-refractivity contribution in [3.8, 4) is 22.3 Å². The quantitative estimate of drug-likeness (QED) is 0.101. The van der Waals surface area contributed by atoms with Crippen molar-refractivity contribution < 1.29 is 35.9 Å². The van der Waals surface area contributed by atoms with Crippen molar-refractivity contribution in [3.05, 3.63) is 138 Å². The maximum atomic E-state index is 13.7. The SMILES string of the molecule is O=C(Nc1ccc(NCCCC2(C(=O)NCC(F)(F)F)c3ccccc3-c3ccccc32)nc1)c1ccccc1-c1ccc(C(F)(F)F)cc1. The Kier molecular flexibility index (Phi) is 9.37. The van der Waals surface area contributed by atoms with E-state index in [9.17, 15) is 35.9 Å². The second-order valence-electron chi connectivity index (χ2n) is 11.8. The molecule has 0 unspecified atom stereocenters. The smallest absolute Gasteiger partial charge is 0.370 e. The highest BCUT2D eigenvalue weighted by atomic mass is 19.4. The number of nitrogens with one attached hydrogen (secondary N) is 3. The first kappa shape index (κ1) is 34.2. The molecule has 2 amide bonds. The maximum absolute atomic E-state index is 13.7. The number of benzene rings is 4. The lowest BCUT2D eigenvalue weighted by Crippen LogP contribution is -2.47. The van der Waals surface area contributed by atoms with E-state index in [0.717, 1.165) is 23.3 Å². The highest BCUT2D eigenvalue weighted by molar-refractivity contribution is 6.08. The monoisotopic (exact) mass is 688 g/mol. The number of fused-ring (bicyclic) bond motifs is 3. The van der Waals surface area contributed by atoms with Gasteiger partial charge in [0.1, 0.15) is 17.8 Å². The zero-order valence-corrected chi connectivity index (χ0v) is 26.3. The van der Waals surface area contributed by atoms with Crippen LogP contribution in [0.15, 0.2) is 115 Å². The summed E-state index contributed by atoms with van der Waals surface area (Å²) in [5.74, 6) is -0.726. The summed E-state index contributed by atoms with van der Waals surface area (Å²) >= 11 is 0. The number of pyridine rings is 1. The van der Waals surface area contributed by atoms with Gasteiger partial charge in [-0.15, -0.1) is 0 Å². The number of carbonyl (C=O) groups excluding carboxylic acids is 2. The number of carbonyl (C=O) groups is 2. The molecule has 1 aromatic heterocycles. The maximum Gasteiger partial charge on any atom is 0.416 e. The molecule has 0 atom stereocenters. The van der Waals surface area contributed by atoms with E-state index in [4.69, 9.17) is 0 Å². The van der Waals surface area contributed by atoms with Gasteiger partial charge in [0.05, 0.1) is 17.4 Å². The summed E-state index contributed by atoms with van der Waals surface area (Å²) in [5.41, 5.74) is 2.35. The van der Waals surface area contributed by atoms with Crippen LogP contribution >= 0.6 is 0 Å². The molecule has 256 valence electrons. The molecule has 5 aromatic rings. The largest absolute Gasteiger partial charge is 0.416 e. The predicted octanol–water partition coefficient (Wildman–Crippen LogP) is 8.86. The van der Waals surface area contributed by atoms with E-state index in [1.165, 1.54) is 18.3 Å². The van der Waals surface area contributed by atoms with Crippen molar-refractivity contribution in [2.45, 2.75) is 30.6 Å². The van der Waals surface area contributed by atoms with Gasteiger partial charge < -0.3 is 16.0 Å². The highest BCUT2D eigenvalue weighted by Crippen LogP contribution is 2.51. The molecule has 1 aliphatic carbocycles. The molecule has 3 N–H and O–H groups in total. The molecule has 4 aromatic carbocycles. The summed E-state index contributed by atoms with van der Waals surface area (Å²) in [7, 11) is 0. The molecule has 0 bridgehead atoms. The molecule has 0 aliphatic heterocycles. The molecule has 0 radical (unpaired) electrons. The molecule has 6 rings (SSSR count). The second kappa shape index (κ2) is 13.7. The molecule has 0 spiro atoms. The Bertz CT molecular complexity index is 1960. The first-order chi connectivity index (χ1) is 23.9. The summed E-state index contributed by atoms with van der Waals surface area (Å²) in [6, 6.07) is 28.9. The molecule has 1 heterocycles. The zero-order valence-electron chi connectivity index (χ0n) is 26.3. The first-order valence-electron chi connectivity index (χ1n) is 15.7. The molecule has 50 heavy (non-hydrogen) atoms. The third-order valence-corrected chi connectivity index (χ3v) is 8.65. The molecular weight excluding hydrogens is 658 g/mol. The van der Waals surface area contributed by atoms with Gasteiger partial charge in [0.15, 0.2) is 0 Å². The molecule has 0 fully saturated rings. The second-order valence-corrected chi connectivity index (χ2v) is 11.8.